The number of hydrogen-bond acceptors (Lipinski definition) is 3. The highest BCUT2D eigenvalue weighted by molar-refractivity contribution is 6.42. The highest BCUT2D eigenvalue weighted by atomic mass is 35.5. The second kappa shape index (κ2) is 11.9. The maximum Gasteiger partial charge on any atom is 0.241 e. The Morgan fingerprint density at radius 1 is 0.889 bits per heavy atom. The average molecular weight is 549 g/mol. The topological polar surface area (TPSA) is 26.8 Å². The highest BCUT2D eigenvalue weighted by Gasteiger charge is 2.30. The zero-order valence-electron chi connectivity index (χ0n) is 20.4. The van der Waals surface area contributed by atoms with Gasteiger partial charge in [0.25, 0.3) is 0 Å². The van der Waals surface area contributed by atoms with Gasteiger partial charge < -0.3 is 14.7 Å². The first-order valence-electron chi connectivity index (χ1n) is 11.9. The van der Waals surface area contributed by atoms with Gasteiger partial charge in [0.05, 0.1) is 27.7 Å². The highest BCUT2D eigenvalue weighted by Crippen LogP contribution is 2.35. The quantitative estimate of drug-likeness (QED) is 0.298. The summed E-state index contributed by atoms with van der Waals surface area (Å²) in [5.41, 5.74) is 3.45. The Balaban J connectivity index is 1.75. The van der Waals surface area contributed by atoms with Gasteiger partial charge in [-0.3, -0.25) is 4.79 Å². The SMILES string of the molecule is CN(C)CC(=O)N(c1ccc(Cl)c(Cl)c1)C(CN1CCCC1)c1ccc(-c2ccc(F)c(Cl)c2)cc1. The fourth-order valence-corrected chi connectivity index (χ4v) is 5.07. The molecule has 1 atom stereocenters. The molecule has 1 aliphatic rings. The molecule has 0 N–H and O–H groups in total. The fraction of sp³-hybridized carbons (Fsp3) is 0.321. The summed E-state index contributed by atoms with van der Waals surface area (Å²) in [6.07, 6.45) is 2.30. The molecule has 0 aromatic heterocycles. The predicted octanol–water partition coefficient (Wildman–Crippen LogP) is 7.18. The predicted molar refractivity (Wildman–Crippen MR) is 148 cm³/mol. The van der Waals surface area contributed by atoms with E-state index in [1.807, 2.05) is 54.2 Å². The number of anilines is 1. The van der Waals surface area contributed by atoms with E-state index in [4.69, 9.17) is 34.8 Å². The van der Waals surface area contributed by atoms with Gasteiger partial charge in [-0.15, -0.1) is 0 Å². The van der Waals surface area contributed by atoms with Crippen molar-refractivity contribution >= 4 is 46.4 Å². The molecule has 1 amide bonds. The zero-order valence-corrected chi connectivity index (χ0v) is 22.6. The number of likely N-dealkylation sites (N-methyl/N-ethyl adjacent to an activating group) is 1. The van der Waals surface area contributed by atoms with Crippen LogP contribution in [-0.4, -0.2) is 56.0 Å². The summed E-state index contributed by atoms with van der Waals surface area (Å²) in [7, 11) is 3.76. The zero-order chi connectivity index (χ0) is 25.8. The van der Waals surface area contributed by atoms with E-state index in [-0.39, 0.29) is 23.5 Å². The molecule has 8 heteroatoms. The number of halogens is 4. The minimum absolute atomic E-state index is 0.0306. The van der Waals surface area contributed by atoms with E-state index in [1.165, 1.54) is 6.07 Å². The largest absolute Gasteiger partial charge is 0.302 e. The maximum atomic E-state index is 13.7. The number of amides is 1. The Kier molecular flexibility index (Phi) is 8.91. The van der Waals surface area contributed by atoms with Gasteiger partial charge in [0.15, 0.2) is 0 Å². The molecular weight excluding hydrogens is 520 g/mol. The van der Waals surface area contributed by atoms with E-state index in [2.05, 4.69) is 4.90 Å². The first-order valence-corrected chi connectivity index (χ1v) is 13.1. The van der Waals surface area contributed by atoms with E-state index in [9.17, 15) is 9.18 Å². The molecule has 190 valence electrons. The van der Waals surface area contributed by atoms with Gasteiger partial charge >= 0.3 is 0 Å². The summed E-state index contributed by atoms with van der Waals surface area (Å²) in [6, 6.07) is 17.8. The molecule has 1 unspecified atom stereocenters. The van der Waals surface area contributed by atoms with Crippen molar-refractivity contribution in [3.05, 3.63) is 87.1 Å². The standard InChI is InChI=1S/C28H29Cl3FN3O/c1-33(2)18-28(36)35(22-10-11-23(29)24(30)16-22)27(17-34-13-3-4-14-34)20-7-5-19(6-8-20)21-9-12-26(32)25(31)15-21/h5-12,15-16,27H,3-4,13-14,17-18H2,1-2H3. The maximum absolute atomic E-state index is 13.7. The van der Waals surface area contributed by atoms with E-state index in [1.54, 1.807) is 24.3 Å². The van der Waals surface area contributed by atoms with E-state index >= 15 is 0 Å². The summed E-state index contributed by atoms with van der Waals surface area (Å²) >= 11 is 18.6. The first-order chi connectivity index (χ1) is 17.2. The van der Waals surface area contributed by atoms with Gasteiger partial charge in [0, 0.05) is 12.2 Å². The van der Waals surface area contributed by atoms with Crippen LogP contribution in [0.5, 0.6) is 0 Å². The lowest BCUT2D eigenvalue weighted by atomic mass is 9.98. The lowest BCUT2D eigenvalue weighted by Crippen LogP contribution is -2.44. The van der Waals surface area contributed by atoms with Crippen molar-refractivity contribution in [1.29, 1.82) is 0 Å². The summed E-state index contributed by atoms with van der Waals surface area (Å²) in [4.78, 5) is 19.7. The summed E-state index contributed by atoms with van der Waals surface area (Å²) in [6.45, 7) is 2.95. The van der Waals surface area contributed by atoms with Crippen LogP contribution in [0.3, 0.4) is 0 Å². The fourth-order valence-electron chi connectivity index (χ4n) is 4.60. The number of nitrogens with zero attached hydrogens (tertiary/aromatic N) is 3. The molecule has 0 saturated carbocycles. The van der Waals surface area contributed by atoms with Crippen LogP contribution in [0, 0.1) is 5.82 Å². The van der Waals surface area contributed by atoms with E-state index in [0.717, 1.165) is 42.6 Å². The Labute approximate surface area is 227 Å². The smallest absolute Gasteiger partial charge is 0.241 e. The molecule has 4 nitrogen and oxygen atoms in total. The molecule has 1 aliphatic heterocycles. The number of carbonyl (C=O) groups is 1. The molecule has 1 fully saturated rings. The monoisotopic (exact) mass is 547 g/mol. The number of carbonyl (C=O) groups excluding carboxylic acids is 1. The molecule has 3 aromatic rings. The molecule has 0 spiro atoms. The molecule has 3 aromatic carbocycles. The van der Waals surface area contributed by atoms with Gasteiger partial charge in [0.2, 0.25) is 5.91 Å². The van der Waals surface area contributed by atoms with Crippen molar-refractivity contribution in [2.24, 2.45) is 0 Å². The van der Waals surface area contributed by atoms with Crippen molar-refractivity contribution in [2.75, 3.05) is 45.2 Å². The van der Waals surface area contributed by atoms with Crippen molar-refractivity contribution in [3.63, 3.8) is 0 Å². The van der Waals surface area contributed by atoms with Gasteiger partial charge in [-0.05, 0) is 87.0 Å². The van der Waals surface area contributed by atoms with Crippen LogP contribution in [0.1, 0.15) is 24.4 Å². The molecule has 36 heavy (non-hydrogen) atoms. The minimum Gasteiger partial charge on any atom is -0.302 e. The lowest BCUT2D eigenvalue weighted by molar-refractivity contribution is -0.119. The third kappa shape index (κ3) is 6.39. The molecule has 1 saturated heterocycles. The lowest BCUT2D eigenvalue weighted by Gasteiger charge is -2.36. The number of hydrogen-bond donors (Lipinski definition) is 0. The van der Waals surface area contributed by atoms with Crippen LogP contribution < -0.4 is 4.90 Å². The minimum atomic E-state index is -0.445. The summed E-state index contributed by atoms with van der Waals surface area (Å²) in [5, 5.41) is 0.933. The first kappa shape index (κ1) is 26.9. The van der Waals surface area contributed by atoms with Crippen molar-refractivity contribution in [1.82, 2.24) is 9.80 Å². The Hall–Kier alpha value is -2.15. The third-order valence-corrected chi connectivity index (χ3v) is 7.42. The third-order valence-electron chi connectivity index (χ3n) is 6.39. The van der Waals surface area contributed by atoms with Gasteiger partial charge in [0.1, 0.15) is 5.82 Å². The molecule has 0 aliphatic carbocycles. The Morgan fingerprint density at radius 2 is 1.56 bits per heavy atom. The summed E-state index contributed by atoms with van der Waals surface area (Å²) in [5.74, 6) is -0.476. The van der Waals surface area contributed by atoms with Crippen molar-refractivity contribution in [3.8, 4) is 11.1 Å². The van der Waals surface area contributed by atoms with Crippen LogP contribution in [-0.2, 0) is 4.79 Å². The van der Waals surface area contributed by atoms with Gasteiger partial charge in [-0.2, -0.15) is 0 Å². The molecule has 0 radical (unpaired) electrons. The number of likely N-dealkylation sites (tertiary alicyclic amines) is 1. The van der Waals surface area contributed by atoms with Crippen molar-refractivity contribution < 1.29 is 9.18 Å². The van der Waals surface area contributed by atoms with Crippen LogP contribution in [0.15, 0.2) is 60.7 Å². The van der Waals surface area contributed by atoms with Crippen LogP contribution in [0.4, 0.5) is 10.1 Å². The van der Waals surface area contributed by atoms with Crippen LogP contribution in [0.2, 0.25) is 15.1 Å². The molecule has 1 heterocycles. The molecular formula is C28H29Cl3FN3O. The van der Waals surface area contributed by atoms with E-state index in [0.29, 0.717) is 22.3 Å². The molecule has 4 rings (SSSR count). The van der Waals surface area contributed by atoms with Gasteiger partial charge in [-0.1, -0.05) is 65.1 Å². The summed E-state index contributed by atoms with van der Waals surface area (Å²) < 4.78 is 13.7. The van der Waals surface area contributed by atoms with E-state index < -0.39 is 5.82 Å². The Bertz CT molecular complexity index is 1210. The second-order valence-electron chi connectivity index (χ2n) is 9.37. The van der Waals surface area contributed by atoms with Crippen LogP contribution in [0.25, 0.3) is 11.1 Å². The van der Waals surface area contributed by atoms with Crippen LogP contribution >= 0.6 is 34.8 Å². The number of rotatable bonds is 8. The second-order valence-corrected chi connectivity index (χ2v) is 10.6. The Morgan fingerprint density at radius 3 is 2.17 bits per heavy atom. The average Bonchev–Trinajstić information content (AvgIpc) is 3.36. The molecule has 0 bridgehead atoms. The van der Waals surface area contributed by atoms with Gasteiger partial charge in [-0.25, -0.2) is 4.39 Å². The van der Waals surface area contributed by atoms with Crippen molar-refractivity contribution in [2.45, 2.75) is 18.9 Å². The number of benzene rings is 3. The normalized spacial score (nSPS) is 14.9.